The zero-order chi connectivity index (χ0) is 21.8. The van der Waals surface area contributed by atoms with Gasteiger partial charge in [-0.1, -0.05) is 60.1 Å². The molecule has 0 spiro atoms. The van der Waals surface area contributed by atoms with Gasteiger partial charge in [0.2, 0.25) is 0 Å². The molecule has 1 aliphatic rings. The molecule has 0 saturated carbocycles. The quantitative estimate of drug-likeness (QED) is 0.392. The van der Waals surface area contributed by atoms with E-state index < -0.39 is 0 Å². The number of nitrogens with one attached hydrogen (secondary N) is 1. The Bertz CT molecular complexity index is 1010. The standard InChI is InChI=1S/C26H29BrN2OS/c1-3-22-17-23(26(31-22)28-25(30)20-7-5-4-6-8-20)24(19-9-11-21(27)12-10-19)29-15-13-18(2)14-16-29/h4-12,17-18,24H,3,13-16H2,1-2H3,(H,28,30)/t24-/m1/s1. The van der Waals surface area contributed by atoms with E-state index in [0.717, 1.165) is 34.9 Å². The monoisotopic (exact) mass is 496 g/mol. The van der Waals surface area contributed by atoms with E-state index >= 15 is 0 Å². The third-order valence-electron chi connectivity index (χ3n) is 6.09. The van der Waals surface area contributed by atoms with Crippen LogP contribution in [0.25, 0.3) is 0 Å². The van der Waals surface area contributed by atoms with Crippen LogP contribution in [0, 0.1) is 5.92 Å². The first-order valence-corrected chi connectivity index (χ1v) is 12.6. The Labute approximate surface area is 197 Å². The number of hydrogen-bond donors (Lipinski definition) is 1. The molecular weight excluding hydrogens is 468 g/mol. The Morgan fingerprint density at radius 1 is 1.13 bits per heavy atom. The molecule has 5 heteroatoms. The van der Waals surface area contributed by atoms with Crippen LogP contribution in [0.2, 0.25) is 0 Å². The second-order valence-corrected chi connectivity index (χ2v) is 10.4. The molecule has 0 aliphatic carbocycles. The van der Waals surface area contributed by atoms with Crippen LogP contribution in [0.5, 0.6) is 0 Å². The highest BCUT2D eigenvalue weighted by Gasteiger charge is 2.29. The van der Waals surface area contributed by atoms with Gasteiger partial charge in [0.05, 0.1) is 6.04 Å². The smallest absolute Gasteiger partial charge is 0.256 e. The number of likely N-dealkylation sites (tertiary alicyclic amines) is 1. The highest BCUT2D eigenvalue weighted by atomic mass is 79.9. The van der Waals surface area contributed by atoms with E-state index in [-0.39, 0.29) is 11.9 Å². The van der Waals surface area contributed by atoms with Gasteiger partial charge < -0.3 is 5.32 Å². The number of benzene rings is 2. The first kappa shape index (κ1) is 22.3. The molecule has 1 atom stereocenters. The van der Waals surface area contributed by atoms with Crippen molar-refractivity contribution in [2.75, 3.05) is 18.4 Å². The molecule has 1 aromatic heterocycles. The predicted octanol–water partition coefficient (Wildman–Crippen LogP) is 7.15. The maximum Gasteiger partial charge on any atom is 0.256 e. The van der Waals surface area contributed by atoms with Crippen LogP contribution in [0.15, 0.2) is 65.1 Å². The van der Waals surface area contributed by atoms with Crippen LogP contribution in [0.4, 0.5) is 5.00 Å². The Hall–Kier alpha value is -1.95. The Morgan fingerprint density at radius 2 is 1.81 bits per heavy atom. The molecule has 1 fully saturated rings. The van der Waals surface area contributed by atoms with E-state index in [2.05, 4.69) is 70.3 Å². The highest BCUT2D eigenvalue weighted by molar-refractivity contribution is 9.10. The van der Waals surface area contributed by atoms with Crippen LogP contribution in [-0.2, 0) is 6.42 Å². The number of aryl methyl sites for hydroxylation is 1. The molecule has 1 N–H and O–H groups in total. The second kappa shape index (κ2) is 10.1. The SMILES string of the molecule is CCc1cc([C@@H](c2ccc(Br)cc2)N2CCC(C)CC2)c(NC(=O)c2ccccc2)s1. The Balaban J connectivity index is 1.72. The topological polar surface area (TPSA) is 32.3 Å². The number of nitrogens with zero attached hydrogens (tertiary/aromatic N) is 1. The van der Waals surface area contributed by atoms with Crippen LogP contribution < -0.4 is 5.32 Å². The number of rotatable bonds is 6. The van der Waals surface area contributed by atoms with E-state index in [1.807, 2.05) is 30.3 Å². The normalized spacial score (nSPS) is 16.2. The average Bonchev–Trinajstić information content (AvgIpc) is 3.19. The third kappa shape index (κ3) is 5.28. The van der Waals surface area contributed by atoms with Gasteiger partial charge in [0.25, 0.3) is 5.91 Å². The van der Waals surface area contributed by atoms with Crippen molar-refractivity contribution in [1.29, 1.82) is 0 Å². The number of carbonyl (C=O) groups is 1. The van der Waals surface area contributed by atoms with E-state index in [9.17, 15) is 4.79 Å². The van der Waals surface area contributed by atoms with E-state index in [0.29, 0.717) is 5.56 Å². The Kier molecular flexibility index (Phi) is 7.26. The van der Waals surface area contributed by atoms with Gasteiger partial charge in [0.15, 0.2) is 0 Å². The van der Waals surface area contributed by atoms with Gasteiger partial charge in [-0.2, -0.15) is 0 Å². The number of hydrogen-bond acceptors (Lipinski definition) is 3. The summed E-state index contributed by atoms with van der Waals surface area (Å²) < 4.78 is 1.08. The summed E-state index contributed by atoms with van der Waals surface area (Å²) in [7, 11) is 0. The summed E-state index contributed by atoms with van der Waals surface area (Å²) in [5.74, 6) is 0.723. The summed E-state index contributed by atoms with van der Waals surface area (Å²) in [4.78, 5) is 16.8. The van der Waals surface area contributed by atoms with Gasteiger partial charge in [-0.3, -0.25) is 9.69 Å². The predicted molar refractivity (Wildman–Crippen MR) is 134 cm³/mol. The number of amides is 1. The highest BCUT2D eigenvalue weighted by Crippen LogP contribution is 2.41. The molecule has 1 aliphatic heterocycles. The number of carbonyl (C=O) groups excluding carboxylic acids is 1. The van der Waals surface area contributed by atoms with Crippen molar-refractivity contribution in [3.05, 3.63) is 86.7 Å². The molecule has 3 aromatic rings. The zero-order valence-corrected chi connectivity index (χ0v) is 20.5. The van der Waals surface area contributed by atoms with Gasteiger partial charge in [0.1, 0.15) is 5.00 Å². The minimum atomic E-state index is -0.0480. The summed E-state index contributed by atoms with van der Waals surface area (Å²) in [6.07, 6.45) is 3.38. The molecule has 0 bridgehead atoms. The minimum absolute atomic E-state index is 0.0480. The second-order valence-electron chi connectivity index (χ2n) is 8.34. The summed E-state index contributed by atoms with van der Waals surface area (Å²) in [6, 6.07) is 20.6. The van der Waals surface area contributed by atoms with Crippen LogP contribution in [0.3, 0.4) is 0 Å². The van der Waals surface area contributed by atoms with Crippen molar-refractivity contribution in [1.82, 2.24) is 4.90 Å². The zero-order valence-electron chi connectivity index (χ0n) is 18.1. The summed E-state index contributed by atoms with van der Waals surface area (Å²) in [6.45, 7) is 6.67. The van der Waals surface area contributed by atoms with Crippen molar-refractivity contribution in [2.45, 2.75) is 39.2 Å². The van der Waals surface area contributed by atoms with E-state index in [1.165, 1.54) is 28.8 Å². The lowest BCUT2D eigenvalue weighted by Crippen LogP contribution is -2.37. The first-order chi connectivity index (χ1) is 15.0. The first-order valence-electron chi connectivity index (χ1n) is 11.0. The fraction of sp³-hybridized carbons (Fsp3) is 0.346. The molecule has 0 unspecified atom stereocenters. The van der Waals surface area contributed by atoms with Gasteiger partial charge in [-0.15, -0.1) is 11.3 Å². The third-order valence-corrected chi connectivity index (χ3v) is 7.83. The molecule has 31 heavy (non-hydrogen) atoms. The Morgan fingerprint density at radius 3 is 2.45 bits per heavy atom. The summed E-state index contributed by atoms with van der Waals surface area (Å²) >= 11 is 5.28. The molecule has 3 nitrogen and oxygen atoms in total. The van der Waals surface area contributed by atoms with E-state index in [4.69, 9.17) is 0 Å². The minimum Gasteiger partial charge on any atom is -0.313 e. The molecule has 162 valence electrons. The van der Waals surface area contributed by atoms with Crippen molar-refractivity contribution >= 4 is 38.2 Å². The molecule has 2 heterocycles. The molecule has 1 amide bonds. The number of piperidine rings is 1. The summed E-state index contributed by atoms with van der Waals surface area (Å²) in [5.41, 5.74) is 3.17. The van der Waals surface area contributed by atoms with Crippen molar-refractivity contribution in [2.24, 2.45) is 5.92 Å². The number of halogens is 1. The molecule has 0 radical (unpaired) electrons. The number of thiophene rings is 1. The molecule has 2 aromatic carbocycles. The maximum absolute atomic E-state index is 13.0. The maximum atomic E-state index is 13.0. The largest absolute Gasteiger partial charge is 0.313 e. The summed E-state index contributed by atoms with van der Waals surface area (Å²) in [5, 5.41) is 4.20. The lowest BCUT2D eigenvalue weighted by atomic mass is 9.92. The van der Waals surface area contributed by atoms with Crippen molar-refractivity contribution in [3.63, 3.8) is 0 Å². The van der Waals surface area contributed by atoms with Gasteiger partial charge in [-0.25, -0.2) is 0 Å². The van der Waals surface area contributed by atoms with E-state index in [1.54, 1.807) is 11.3 Å². The van der Waals surface area contributed by atoms with Gasteiger partial charge >= 0.3 is 0 Å². The van der Waals surface area contributed by atoms with Crippen LogP contribution in [-0.4, -0.2) is 23.9 Å². The van der Waals surface area contributed by atoms with Gasteiger partial charge in [-0.05, 0) is 74.2 Å². The van der Waals surface area contributed by atoms with Crippen LogP contribution >= 0.6 is 27.3 Å². The average molecular weight is 498 g/mol. The van der Waals surface area contributed by atoms with Crippen LogP contribution in [0.1, 0.15) is 59.1 Å². The fourth-order valence-electron chi connectivity index (χ4n) is 4.22. The van der Waals surface area contributed by atoms with Crippen molar-refractivity contribution < 1.29 is 4.79 Å². The van der Waals surface area contributed by atoms with Crippen molar-refractivity contribution in [3.8, 4) is 0 Å². The number of anilines is 1. The fourth-order valence-corrected chi connectivity index (χ4v) is 5.51. The molecular formula is C26H29BrN2OS. The molecule has 4 rings (SSSR count). The lowest BCUT2D eigenvalue weighted by Gasteiger charge is -2.37. The lowest BCUT2D eigenvalue weighted by molar-refractivity contribution is 0.102. The van der Waals surface area contributed by atoms with Gasteiger partial charge in [0, 0.05) is 20.5 Å². The molecule has 1 saturated heterocycles.